The van der Waals surface area contributed by atoms with Crippen LogP contribution in [0.5, 0.6) is 0 Å². The molecule has 0 radical (unpaired) electrons. The molecule has 1 atom stereocenters. The minimum atomic E-state index is -0.334. The molecule has 0 bridgehead atoms. The van der Waals surface area contributed by atoms with Crippen molar-refractivity contribution in [2.75, 3.05) is 12.4 Å². The predicted octanol–water partition coefficient (Wildman–Crippen LogP) is 2.25. The lowest BCUT2D eigenvalue weighted by Crippen LogP contribution is -2.11. The Morgan fingerprint density at radius 1 is 1.75 bits per heavy atom. The van der Waals surface area contributed by atoms with Crippen molar-refractivity contribution in [3.8, 4) is 0 Å². The van der Waals surface area contributed by atoms with Crippen molar-refractivity contribution in [1.82, 2.24) is 0 Å². The van der Waals surface area contributed by atoms with Crippen LogP contribution >= 0.6 is 11.8 Å². The second-order valence-corrected chi connectivity index (χ2v) is 4.06. The minimum absolute atomic E-state index is 0.334. The molecule has 0 heterocycles. The molecule has 2 nitrogen and oxygen atoms in total. The molecule has 70 valence electrons. The Balaban J connectivity index is 3.36. The van der Waals surface area contributed by atoms with E-state index in [2.05, 4.69) is 20.4 Å². The Kier molecular flexibility index (Phi) is 6.96. The van der Waals surface area contributed by atoms with Crippen molar-refractivity contribution < 1.29 is 9.53 Å². The number of hydrogen-bond donors (Lipinski definition) is 0. The highest BCUT2D eigenvalue weighted by atomic mass is 32.2. The average molecular weight is 188 g/mol. The lowest BCUT2D eigenvalue weighted by atomic mass is 10.5. The van der Waals surface area contributed by atoms with Crippen LogP contribution in [-0.2, 0) is 9.53 Å². The number of thioether (sulfide) groups is 1. The highest BCUT2D eigenvalue weighted by Crippen LogP contribution is 2.11. The maximum absolute atomic E-state index is 10.6. The molecule has 0 rings (SSSR count). The van der Waals surface area contributed by atoms with Crippen molar-refractivity contribution in [3.05, 3.63) is 12.7 Å². The van der Waals surface area contributed by atoms with Crippen LogP contribution in [-0.4, -0.2) is 23.6 Å². The van der Waals surface area contributed by atoms with E-state index in [9.17, 15) is 4.79 Å². The van der Waals surface area contributed by atoms with E-state index in [4.69, 9.17) is 4.74 Å². The zero-order valence-corrected chi connectivity index (χ0v) is 8.52. The molecule has 0 aromatic rings. The van der Waals surface area contributed by atoms with Crippen molar-refractivity contribution in [1.29, 1.82) is 0 Å². The second-order valence-electron chi connectivity index (χ2n) is 2.52. The van der Waals surface area contributed by atoms with Crippen LogP contribution in [0.3, 0.4) is 0 Å². The minimum Gasteiger partial charge on any atom is -0.461 e. The molecule has 0 spiro atoms. The summed E-state index contributed by atoms with van der Waals surface area (Å²) in [6, 6.07) is 0. The number of ether oxygens (including phenoxy) is 1. The van der Waals surface area contributed by atoms with Gasteiger partial charge in [0.05, 0.1) is 0 Å². The van der Waals surface area contributed by atoms with Gasteiger partial charge in [-0.2, -0.15) is 11.8 Å². The van der Waals surface area contributed by atoms with E-state index in [1.807, 2.05) is 11.8 Å². The summed E-state index contributed by atoms with van der Waals surface area (Å²) in [4.78, 5) is 10.6. The van der Waals surface area contributed by atoms with Crippen LogP contribution < -0.4 is 0 Å². The Hall–Kier alpha value is -0.440. The SMILES string of the molecule is C=CC(=O)OCC(C)SCCC. The summed E-state index contributed by atoms with van der Waals surface area (Å²) < 4.78 is 4.87. The van der Waals surface area contributed by atoms with Gasteiger partial charge in [-0.3, -0.25) is 0 Å². The number of carbonyl (C=O) groups excluding carboxylic acids is 1. The molecule has 0 amide bonds. The third-order valence-corrected chi connectivity index (χ3v) is 2.58. The Morgan fingerprint density at radius 2 is 2.42 bits per heavy atom. The molecular weight excluding hydrogens is 172 g/mol. The third-order valence-electron chi connectivity index (χ3n) is 1.23. The number of rotatable bonds is 6. The van der Waals surface area contributed by atoms with Gasteiger partial charge in [0.1, 0.15) is 6.61 Å². The van der Waals surface area contributed by atoms with E-state index in [-0.39, 0.29) is 5.97 Å². The lowest BCUT2D eigenvalue weighted by Gasteiger charge is -2.09. The monoisotopic (exact) mass is 188 g/mol. The first-order valence-electron chi connectivity index (χ1n) is 4.11. The van der Waals surface area contributed by atoms with Gasteiger partial charge in [-0.1, -0.05) is 13.5 Å². The van der Waals surface area contributed by atoms with Gasteiger partial charge >= 0.3 is 5.97 Å². The van der Waals surface area contributed by atoms with Gasteiger partial charge in [0.25, 0.3) is 0 Å². The number of hydrogen-bond acceptors (Lipinski definition) is 3. The Labute approximate surface area is 78.4 Å². The van der Waals surface area contributed by atoms with Gasteiger partial charge in [-0.25, -0.2) is 4.79 Å². The quantitative estimate of drug-likeness (QED) is 0.472. The molecule has 0 fully saturated rings. The molecule has 1 unspecified atom stereocenters. The van der Waals surface area contributed by atoms with Crippen LogP contribution in [0.4, 0.5) is 0 Å². The molecule has 12 heavy (non-hydrogen) atoms. The molecule has 3 heteroatoms. The summed E-state index contributed by atoms with van der Waals surface area (Å²) in [5.41, 5.74) is 0. The van der Waals surface area contributed by atoms with E-state index in [0.29, 0.717) is 11.9 Å². The first-order valence-corrected chi connectivity index (χ1v) is 5.16. The van der Waals surface area contributed by atoms with Gasteiger partial charge in [-0.05, 0) is 19.1 Å². The molecule has 0 aliphatic rings. The van der Waals surface area contributed by atoms with E-state index in [0.717, 1.165) is 12.2 Å². The summed E-state index contributed by atoms with van der Waals surface area (Å²) in [7, 11) is 0. The normalized spacial score (nSPS) is 12.2. The van der Waals surface area contributed by atoms with Crippen LogP contribution in [0.25, 0.3) is 0 Å². The molecule has 0 aliphatic heterocycles. The van der Waals surface area contributed by atoms with Crippen molar-refractivity contribution >= 4 is 17.7 Å². The van der Waals surface area contributed by atoms with E-state index >= 15 is 0 Å². The summed E-state index contributed by atoms with van der Waals surface area (Å²) >= 11 is 1.82. The van der Waals surface area contributed by atoms with Crippen LogP contribution in [0.15, 0.2) is 12.7 Å². The Bertz CT molecular complexity index is 145. The summed E-state index contributed by atoms with van der Waals surface area (Å²) in [6.07, 6.45) is 2.35. The molecule has 0 aliphatic carbocycles. The van der Waals surface area contributed by atoms with Crippen LogP contribution in [0.1, 0.15) is 20.3 Å². The highest BCUT2D eigenvalue weighted by molar-refractivity contribution is 7.99. The first-order chi connectivity index (χ1) is 5.70. The molecular formula is C9H16O2S. The maximum atomic E-state index is 10.6. The topological polar surface area (TPSA) is 26.3 Å². The zero-order valence-electron chi connectivity index (χ0n) is 7.71. The zero-order chi connectivity index (χ0) is 9.40. The fraction of sp³-hybridized carbons (Fsp3) is 0.667. The van der Waals surface area contributed by atoms with Gasteiger partial charge in [0.15, 0.2) is 0 Å². The fourth-order valence-corrected chi connectivity index (χ4v) is 1.43. The lowest BCUT2D eigenvalue weighted by molar-refractivity contribution is -0.137. The van der Waals surface area contributed by atoms with E-state index in [1.54, 1.807) is 0 Å². The van der Waals surface area contributed by atoms with Crippen molar-refractivity contribution in [2.45, 2.75) is 25.5 Å². The predicted molar refractivity (Wildman–Crippen MR) is 53.4 cm³/mol. The Morgan fingerprint density at radius 3 is 2.92 bits per heavy atom. The van der Waals surface area contributed by atoms with E-state index in [1.165, 1.54) is 6.08 Å². The van der Waals surface area contributed by atoms with Crippen molar-refractivity contribution in [3.63, 3.8) is 0 Å². The van der Waals surface area contributed by atoms with E-state index < -0.39 is 0 Å². The van der Waals surface area contributed by atoms with Gasteiger partial charge in [-0.15, -0.1) is 0 Å². The van der Waals surface area contributed by atoms with Gasteiger partial charge in [0, 0.05) is 11.3 Å². The maximum Gasteiger partial charge on any atom is 0.330 e. The second kappa shape index (κ2) is 7.22. The fourth-order valence-electron chi connectivity index (χ4n) is 0.626. The molecule has 0 saturated carbocycles. The largest absolute Gasteiger partial charge is 0.461 e. The van der Waals surface area contributed by atoms with Crippen molar-refractivity contribution in [2.24, 2.45) is 0 Å². The summed E-state index contributed by atoms with van der Waals surface area (Å²) in [5, 5.41) is 0.383. The summed E-state index contributed by atoms with van der Waals surface area (Å²) in [5.74, 6) is 0.784. The van der Waals surface area contributed by atoms with Crippen LogP contribution in [0.2, 0.25) is 0 Å². The van der Waals surface area contributed by atoms with Gasteiger partial charge < -0.3 is 4.74 Å². The summed E-state index contributed by atoms with van der Waals surface area (Å²) in [6.45, 7) is 7.99. The van der Waals surface area contributed by atoms with Crippen LogP contribution in [0, 0.1) is 0 Å². The molecule has 0 saturated heterocycles. The van der Waals surface area contributed by atoms with Gasteiger partial charge in [0.2, 0.25) is 0 Å². The smallest absolute Gasteiger partial charge is 0.330 e. The molecule has 0 aromatic carbocycles. The molecule has 0 N–H and O–H groups in total. The number of carbonyl (C=O) groups is 1. The third kappa shape index (κ3) is 6.28. The average Bonchev–Trinajstić information content (AvgIpc) is 2.10. The first kappa shape index (κ1) is 11.6. The standard InChI is InChI=1S/C9H16O2S/c1-4-6-12-8(3)7-11-9(10)5-2/h5,8H,2,4,6-7H2,1,3H3. The number of esters is 1. The molecule has 0 aromatic heterocycles. The highest BCUT2D eigenvalue weighted by Gasteiger charge is 2.03.